The number of hydrogen-bond donors (Lipinski definition) is 1. The normalized spacial score (nSPS) is 11.3. The van der Waals surface area contributed by atoms with E-state index in [-0.39, 0.29) is 29.4 Å². The summed E-state index contributed by atoms with van der Waals surface area (Å²) < 4.78 is 24.7. The highest BCUT2D eigenvalue weighted by atomic mass is 19.1. The lowest BCUT2D eigenvalue weighted by molar-refractivity contribution is 0.0409. The Hall–Kier alpha value is -5.00. The van der Waals surface area contributed by atoms with Crippen LogP contribution in [0.15, 0.2) is 81.4 Å². The predicted molar refractivity (Wildman–Crippen MR) is 129 cm³/mol. The van der Waals surface area contributed by atoms with Gasteiger partial charge in [0.05, 0.1) is 25.0 Å². The zero-order chi connectivity index (χ0) is 26.4. The standard InChI is InChI=1S/C25H22FN5O6/c1-3-35-25(34)37-31-23(32)29-22(30(24(31)33)15-17-6-4-16(2)5-7-17)28-19-9-11-20(12-10-19)36-21-13-8-18(26)14-27-21/h4-14H,3,15H2,1-2H3,(H,28,29,32). The molecule has 11 nitrogen and oxygen atoms in total. The molecule has 0 atom stereocenters. The van der Waals surface area contributed by atoms with Crippen LogP contribution in [0.2, 0.25) is 0 Å². The summed E-state index contributed by atoms with van der Waals surface area (Å²) in [6.45, 7) is 3.51. The highest BCUT2D eigenvalue weighted by Gasteiger charge is 2.15. The van der Waals surface area contributed by atoms with Gasteiger partial charge in [0.15, 0.2) is 0 Å². The summed E-state index contributed by atoms with van der Waals surface area (Å²) in [5.74, 6) is 0.137. The molecule has 12 heteroatoms. The van der Waals surface area contributed by atoms with Crippen LogP contribution >= 0.6 is 0 Å². The number of aromatic nitrogens is 4. The topological polar surface area (TPSA) is 130 Å². The number of pyridine rings is 1. The molecule has 0 fully saturated rings. The van der Waals surface area contributed by atoms with E-state index < -0.39 is 23.4 Å². The largest absolute Gasteiger partial charge is 0.534 e. The Morgan fingerprint density at radius 1 is 1.05 bits per heavy atom. The van der Waals surface area contributed by atoms with Gasteiger partial charge in [0.2, 0.25) is 11.5 Å². The minimum absolute atomic E-state index is 0.000790. The van der Waals surface area contributed by atoms with Crippen LogP contribution in [0.4, 0.5) is 14.9 Å². The third kappa shape index (κ3) is 6.36. The van der Waals surface area contributed by atoms with Gasteiger partial charge in [-0.2, -0.15) is 0 Å². The van der Waals surface area contributed by atoms with Crippen LogP contribution in [-0.2, 0) is 11.3 Å². The Balaban J connectivity index is 1.72. The molecule has 4 rings (SSSR count). The first-order valence-electron chi connectivity index (χ1n) is 11.1. The molecule has 0 aliphatic carbocycles. The molecular weight excluding hydrogens is 485 g/mol. The number of rotatable bonds is 7. The molecule has 0 aliphatic heterocycles. The molecule has 0 amide bonds. The fourth-order valence-electron chi connectivity index (χ4n) is 3.16. The smallest absolute Gasteiger partial charge is 0.439 e. The molecule has 0 radical (unpaired) electrons. The number of ether oxygens (including phenoxy) is 2. The van der Waals surface area contributed by atoms with Crippen molar-refractivity contribution in [3.63, 3.8) is 0 Å². The molecule has 37 heavy (non-hydrogen) atoms. The number of aryl methyl sites for hydroxylation is 1. The Morgan fingerprint density at radius 3 is 2.43 bits per heavy atom. The zero-order valence-electron chi connectivity index (χ0n) is 19.9. The zero-order valence-corrected chi connectivity index (χ0v) is 19.9. The summed E-state index contributed by atoms with van der Waals surface area (Å²) in [6.07, 6.45) is -0.163. The van der Waals surface area contributed by atoms with Crippen LogP contribution in [0.3, 0.4) is 0 Å². The number of carbonyl (C=O) groups excluding carboxylic acids is 1. The number of nitrogens with zero attached hydrogens (tertiary/aromatic N) is 4. The van der Waals surface area contributed by atoms with Crippen LogP contribution in [-0.4, -0.2) is 32.0 Å². The first-order valence-corrected chi connectivity index (χ1v) is 11.1. The molecule has 190 valence electrons. The van der Waals surface area contributed by atoms with Crippen molar-refractivity contribution < 1.29 is 23.5 Å². The molecule has 0 saturated carbocycles. The molecule has 2 aromatic heterocycles. The van der Waals surface area contributed by atoms with Crippen molar-refractivity contribution >= 4 is 11.8 Å². The van der Waals surface area contributed by atoms with E-state index in [0.29, 0.717) is 11.4 Å². The number of aromatic amines is 1. The fourth-order valence-corrected chi connectivity index (χ4v) is 3.16. The predicted octanol–water partition coefficient (Wildman–Crippen LogP) is 2.84. The van der Waals surface area contributed by atoms with Gasteiger partial charge in [-0.05, 0) is 49.7 Å². The van der Waals surface area contributed by atoms with E-state index in [1.807, 2.05) is 31.2 Å². The number of halogens is 1. The summed E-state index contributed by atoms with van der Waals surface area (Å²) >= 11 is 0. The maximum absolute atomic E-state index is 13.2. The first-order chi connectivity index (χ1) is 17.8. The van der Waals surface area contributed by atoms with Gasteiger partial charge in [0.25, 0.3) is 0 Å². The number of hydrogen-bond acceptors (Lipinski definition) is 8. The van der Waals surface area contributed by atoms with Crippen molar-refractivity contribution in [2.24, 2.45) is 4.99 Å². The first kappa shape index (κ1) is 25.1. The molecule has 1 N–H and O–H groups in total. The quantitative estimate of drug-likeness (QED) is 0.381. The van der Waals surface area contributed by atoms with E-state index in [9.17, 15) is 18.8 Å². The van der Waals surface area contributed by atoms with E-state index in [1.54, 1.807) is 31.2 Å². The van der Waals surface area contributed by atoms with Gasteiger partial charge in [-0.3, -0.25) is 14.4 Å². The molecule has 4 aromatic rings. The summed E-state index contributed by atoms with van der Waals surface area (Å²) in [5.41, 5.74) is 0.137. The van der Waals surface area contributed by atoms with Crippen LogP contribution < -0.4 is 26.6 Å². The van der Waals surface area contributed by atoms with E-state index in [1.165, 1.54) is 12.1 Å². The number of benzene rings is 2. The average molecular weight is 507 g/mol. The highest BCUT2D eigenvalue weighted by molar-refractivity contribution is 5.60. The lowest BCUT2D eigenvalue weighted by Gasteiger charge is -2.11. The van der Waals surface area contributed by atoms with Gasteiger partial charge < -0.3 is 9.47 Å². The van der Waals surface area contributed by atoms with E-state index in [0.717, 1.165) is 21.9 Å². The number of nitrogens with one attached hydrogen (secondary N) is 1. The molecule has 0 spiro atoms. The third-order valence-electron chi connectivity index (χ3n) is 4.95. The van der Waals surface area contributed by atoms with Crippen molar-refractivity contribution in [3.05, 3.63) is 110 Å². The van der Waals surface area contributed by atoms with Gasteiger partial charge in [0.1, 0.15) is 11.6 Å². The van der Waals surface area contributed by atoms with Crippen LogP contribution in [0.1, 0.15) is 18.1 Å². The second kappa shape index (κ2) is 11.2. The second-order valence-electron chi connectivity index (χ2n) is 7.70. The van der Waals surface area contributed by atoms with Crippen molar-refractivity contribution in [1.29, 1.82) is 0 Å². The van der Waals surface area contributed by atoms with Gasteiger partial charge >= 0.3 is 17.5 Å². The van der Waals surface area contributed by atoms with Gasteiger partial charge in [-0.1, -0.05) is 34.6 Å². The lowest BCUT2D eigenvalue weighted by Crippen LogP contribution is -2.53. The molecule has 0 bridgehead atoms. The molecular formula is C25H22FN5O6. The Kier molecular flexibility index (Phi) is 7.57. The maximum atomic E-state index is 13.2. The van der Waals surface area contributed by atoms with Crippen molar-refractivity contribution in [2.75, 3.05) is 6.61 Å². The summed E-state index contributed by atoms with van der Waals surface area (Å²) in [6, 6.07) is 16.4. The minimum atomic E-state index is -1.20. The van der Waals surface area contributed by atoms with E-state index in [2.05, 4.69) is 19.7 Å². The van der Waals surface area contributed by atoms with Crippen LogP contribution in [0.25, 0.3) is 0 Å². The molecule has 0 saturated heterocycles. The number of carbonyl (C=O) groups is 1. The minimum Gasteiger partial charge on any atom is -0.439 e. The molecule has 0 aliphatic rings. The van der Waals surface area contributed by atoms with E-state index in [4.69, 9.17) is 9.57 Å². The molecule has 0 unspecified atom stereocenters. The van der Waals surface area contributed by atoms with Gasteiger partial charge in [-0.25, -0.2) is 28.8 Å². The Labute approximate surface area is 209 Å². The second-order valence-corrected chi connectivity index (χ2v) is 7.70. The van der Waals surface area contributed by atoms with Gasteiger partial charge in [0, 0.05) is 6.07 Å². The third-order valence-corrected chi connectivity index (χ3v) is 4.95. The fraction of sp³-hybridized carbons (Fsp3) is 0.160. The number of H-pyrrole nitrogens is 1. The lowest BCUT2D eigenvalue weighted by atomic mass is 10.1. The maximum Gasteiger partial charge on any atom is 0.534 e. The van der Waals surface area contributed by atoms with E-state index >= 15 is 0 Å². The van der Waals surface area contributed by atoms with Crippen molar-refractivity contribution in [3.8, 4) is 11.6 Å². The monoisotopic (exact) mass is 507 g/mol. The molecule has 2 heterocycles. The highest BCUT2D eigenvalue weighted by Crippen LogP contribution is 2.22. The van der Waals surface area contributed by atoms with Crippen molar-refractivity contribution in [1.82, 2.24) is 19.3 Å². The Bertz CT molecular complexity index is 1570. The van der Waals surface area contributed by atoms with Crippen LogP contribution in [0, 0.1) is 12.7 Å². The average Bonchev–Trinajstić information content (AvgIpc) is 2.88. The summed E-state index contributed by atoms with van der Waals surface area (Å²) in [5, 5.41) is 0. The van der Waals surface area contributed by atoms with Crippen LogP contribution in [0.5, 0.6) is 11.6 Å². The SMILES string of the molecule is CCOC(=O)On1c(=O)[nH]/c(=N\c2ccc(Oc3ccc(F)cn3)cc2)n(Cc2ccc(C)cc2)c1=O. The van der Waals surface area contributed by atoms with Crippen molar-refractivity contribution in [2.45, 2.75) is 20.4 Å². The molecule has 2 aromatic carbocycles. The Morgan fingerprint density at radius 2 is 1.78 bits per heavy atom. The van der Waals surface area contributed by atoms with Gasteiger partial charge in [-0.15, -0.1) is 0 Å². The summed E-state index contributed by atoms with van der Waals surface area (Å²) in [7, 11) is 0. The summed E-state index contributed by atoms with van der Waals surface area (Å²) in [4.78, 5) is 53.0.